The van der Waals surface area contributed by atoms with E-state index < -0.39 is 0 Å². The van der Waals surface area contributed by atoms with Gasteiger partial charge in [-0.15, -0.1) is 0 Å². The molecular weight excluding hydrogens is 504 g/mol. The van der Waals surface area contributed by atoms with Crippen LogP contribution in [-0.2, 0) is 23.7 Å². The van der Waals surface area contributed by atoms with E-state index in [-0.39, 0.29) is 0 Å². The van der Waals surface area contributed by atoms with Crippen LogP contribution in [0.1, 0.15) is 183 Å². The van der Waals surface area contributed by atoms with E-state index in [4.69, 9.17) is 0 Å². The van der Waals surface area contributed by atoms with Crippen LogP contribution < -0.4 is 0 Å². The van der Waals surface area contributed by atoms with E-state index in [1.807, 2.05) is 0 Å². The Kier molecular flexibility index (Phi) is 25.2. The van der Waals surface area contributed by atoms with Crippen molar-refractivity contribution < 1.29 is 0 Å². The van der Waals surface area contributed by atoms with Gasteiger partial charge in [-0.2, -0.15) is 0 Å². The maximum absolute atomic E-state index is 2.43. The second-order valence-corrected chi connectivity index (χ2v) is 13.9. The van der Waals surface area contributed by atoms with Crippen molar-refractivity contribution >= 4 is 0 Å². The first-order chi connectivity index (χ1) is 19.9. The van der Waals surface area contributed by atoms with Crippen LogP contribution in [0.2, 0.25) is 0 Å². The minimum absolute atomic E-state index is 0.356. The number of benzene rings is 2. The number of aryl methyl sites for hydroxylation is 2. The van der Waals surface area contributed by atoms with E-state index in [9.17, 15) is 0 Å². The molecule has 0 saturated heterocycles. The monoisotopic (exact) mass is 581 g/mol. The molecule has 0 aliphatic carbocycles. The summed E-state index contributed by atoms with van der Waals surface area (Å²) in [7, 11) is 0. The second-order valence-electron chi connectivity index (χ2n) is 13.9. The zero-order valence-electron chi connectivity index (χ0n) is 31.3. The molecule has 0 fully saturated rings. The van der Waals surface area contributed by atoms with Gasteiger partial charge in [0, 0.05) is 0 Å². The molecule has 0 nitrogen and oxygen atoms in total. The number of hydrogen-bond acceptors (Lipinski definition) is 0. The lowest BCUT2D eigenvalue weighted by Crippen LogP contribution is -2.24. The van der Waals surface area contributed by atoms with Crippen molar-refractivity contribution in [3.63, 3.8) is 0 Å². The quantitative estimate of drug-likeness (QED) is 0.208. The van der Waals surface area contributed by atoms with Crippen LogP contribution in [0.15, 0.2) is 48.5 Å². The predicted molar refractivity (Wildman–Crippen MR) is 196 cm³/mol. The normalized spacial score (nSPS) is 13.5. The topological polar surface area (TPSA) is 0 Å². The van der Waals surface area contributed by atoms with Gasteiger partial charge in [0.05, 0.1) is 0 Å². The Hall–Kier alpha value is -1.56. The van der Waals surface area contributed by atoms with Crippen molar-refractivity contribution in [1.29, 1.82) is 0 Å². The van der Waals surface area contributed by atoms with Gasteiger partial charge in [-0.05, 0) is 83.4 Å². The van der Waals surface area contributed by atoms with Crippen molar-refractivity contribution in [2.75, 3.05) is 0 Å². The summed E-state index contributed by atoms with van der Waals surface area (Å²) >= 11 is 0. The highest BCUT2D eigenvalue weighted by Crippen LogP contribution is 2.36. The summed E-state index contributed by atoms with van der Waals surface area (Å²) in [5.41, 5.74) is 6.63. The number of rotatable bonds is 14. The van der Waals surface area contributed by atoms with E-state index in [1.54, 1.807) is 0 Å². The van der Waals surface area contributed by atoms with Gasteiger partial charge in [0.2, 0.25) is 0 Å². The summed E-state index contributed by atoms with van der Waals surface area (Å²) < 4.78 is 0. The lowest BCUT2D eigenvalue weighted by Gasteiger charge is -2.32. The molecule has 0 N–H and O–H groups in total. The Bertz CT molecular complexity index is 763. The third kappa shape index (κ3) is 18.2. The van der Waals surface area contributed by atoms with Crippen molar-refractivity contribution in [2.24, 2.45) is 11.8 Å². The third-order valence-corrected chi connectivity index (χ3v) is 8.44. The summed E-state index contributed by atoms with van der Waals surface area (Å²) in [6.07, 6.45) is 15.2. The standard InChI is InChI=1S/2C17H28.2C4H10/c2*1-6-12-17(5,13-14(3)4)16-10-8-15(7-2)9-11-16;2*1-3-4-2/h2*8-11,14H,6-7,12-13H2,1-5H3;2*3-4H2,1-2H3. The number of unbranched alkanes of at least 4 members (excludes halogenated alkanes) is 2. The zero-order chi connectivity index (χ0) is 32.6. The van der Waals surface area contributed by atoms with Crippen molar-refractivity contribution in [1.82, 2.24) is 0 Å². The largest absolute Gasteiger partial charge is 0.0654 e. The van der Waals surface area contributed by atoms with E-state index in [2.05, 4.69) is 145 Å². The molecule has 0 aromatic heterocycles. The first kappa shape index (κ1) is 42.6. The maximum Gasteiger partial charge on any atom is -0.00729 e. The summed E-state index contributed by atoms with van der Waals surface area (Å²) in [5, 5.41) is 0. The first-order valence-electron chi connectivity index (χ1n) is 18.0. The van der Waals surface area contributed by atoms with E-state index >= 15 is 0 Å². The molecule has 0 aliphatic heterocycles. The lowest BCUT2D eigenvalue weighted by atomic mass is 9.73. The summed E-state index contributed by atoms with van der Waals surface area (Å²) in [4.78, 5) is 0. The molecule has 0 spiro atoms. The van der Waals surface area contributed by atoms with Gasteiger partial charge in [-0.25, -0.2) is 0 Å². The maximum atomic E-state index is 2.43. The van der Waals surface area contributed by atoms with Crippen molar-refractivity contribution in [2.45, 2.75) is 185 Å². The van der Waals surface area contributed by atoms with Crippen LogP contribution >= 0.6 is 0 Å². The smallest absolute Gasteiger partial charge is 0.00729 e. The van der Waals surface area contributed by atoms with Gasteiger partial charge in [0.25, 0.3) is 0 Å². The van der Waals surface area contributed by atoms with E-state index in [0.717, 1.165) is 24.7 Å². The molecule has 2 aromatic rings. The van der Waals surface area contributed by atoms with Gasteiger partial charge in [0.1, 0.15) is 0 Å². The average molecular weight is 581 g/mol. The molecule has 0 saturated carbocycles. The summed E-state index contributed by atoms with van der Waals surface area (Å²) in [6.45, 7) is 31.9. The molecule has 2 rings (SSSR count). The Morgan fingerprint density at radius 1 is 0.429 bits per heavy atom. The van der Waals surface area contributed by atoms with Crippen LogP contribution in [0.25, 0.3) is 0 Å². The van der Waals surface area contributed by atoms with E-state index in [0.29, 0.717) is 10.8 Å². The van der Waals surface area contributed by atoms with Gasteiger partial charge in [0.15, 0.2) is 0 Å². The van der Waals surface area contributed by atoms with Crippen LogP contribution in [-0.4, -0.2) is 0 Å². The SMILES string of the molecule is CCCC.CCCC.CCCC(C)(CC(C)C)c1ccc(CC)cc1.CCCC(C)(CC(C)C)c1ccc(CC)cc1. The first-order valence-corrected chi connectivity index (χ1v) is 18.0. The predicted octanol–water partition coefficient (Wildman–Crippen LogP) is 14.3. The molecule has 2 unspecified atom stereocenters. The molecule has 0 amide bonds. The van der Waals surface area contributed by atoms with Crippen molar-refractivity contribution in [3.8, 4) is 0 Å². The Morgan fingerprint density at radius 2 is 0.690 bits per heavy atom. The zero-order valence-corrected chi connectivity index (χ0v) is 31.3. The van der Waals surface area contributed by atoms with Crippen molar-refractivity contribution in [3.05, 3.63) is 70.8 Å². The van der Waals surface area contributed by atoms with Gasteiger partial charge in [-0.3, -0.25) is 0 Å². The highest BCUT2D eigenvalue weighted by molar-refractivity contribution is 5.30. The molecule has 0 heterocycles. The fourth-order valence-corrected chi connectivity index (χ4v) is 5.92. The van der Waals surface area contributed by atoms with Gasteiger partial charge >= 0.3 is 0 Å². The third-order valence-electron chi connectivity index (χ3n) is 8.44. The summed E-state index contributed by atoms with van der Waals surface area (Å²) in [5.74, 6) is 1.52. The number of hydrogen-bond donors (Lipinski definition) is 0. The summed E-state index contributed by atoms with van der Waals surface area (Å²) in [6, 6.07) is 18.6. The molecule has 0 heteroatoms. The fraction of sp³-hybridized carbons (Fsp3) is 0.714. The Balaban J connectivity index is 0. The highest BCUT2D eigenvalue weighted by Gasteiger charge is 2.27. The molecule has 0 aliphatic rings. The van der Waals surface area contributed by atoms with Crippen LogP contribution in [0.4, 0.5) is 0 Å². The average Bonchev–Trinajstić information content (AvgIpc) is 2.97. The Morgan fingerprint density at radius 3 is 0.857 bits per heavy atom. The van der Waals surface area contributed by atoms with Crippen LogP contribution in [0.5, 0.6) is 0 Å². The minimum atomic E-state index is 0.356. The minimum Gasteiger partial charge on any atom is -0.0654 e. The Labute approximate surface area is 266 Å². The molecule has 0 bridgehead atoms. The molecule has 2 atom stereocenters. The fourth-order valence-electron chi connectivity index (χ4n) is 5.92. The molecule has 244 valence electrons. The van der Waals surface area contributed by atoms with Crippen LogP contribution in [0, 0.1) is 11.8 Å². The van der Waals surface area contributed by atoms with Gasteiger partial charge in [-0.1, -0.05) is 184 Å². The van der Waals surface area contributed by atoms with E-state index in [1.165, 1.54) is 86.5 Å². The molecule has 0 radical (unpaired) electrons. The molecule has 42 heavy (non-hydrogen) atoms. The van der Waals surface area contributed by atoms with Gasteiger partial charge < -0.3 is 0 Å². The molecular formula is C42H76. The highest BCUT2D eigenvalue weighted by atomic mass is 14.3. The van der Waals surface area contributed by atoms with Crippen LogP contribution in [0.3, 0.4) is 0 Å². The second kappa shape index (κ2) is 24.8. The molecule has 2 aromatic carbocycles. The lowest BCUT2D eigenvalue weighted by molar-refractivity contribution is 0.342.